The summed E-state index contributed by atoms with van der Waals surface area (Å²) in [6, 6.07) is 0.258. The van der Waals surface area contributed by atoms with E-state index in [9.17, 15) is 9.59 Å². The molecule has 0 aromatic rings. The number of amides is 2. The van der Waals surface area contributed by atoms with Gasteiger partial charge in [-0.15, -0.1) is 0 Å². The largest absolute Gasteiger partial charge is 0.369 e. The maximum Gasteiger partial charge on any atom is 0.233 e. The number of hydrogen-bond donors (Lipinski definition) is 3. The van der Waals surface area contributed by atoms with Crippen LogP contribution >= 0.6 is 0 Å². The minimum atomic E-state index is -0.426. The zero-order valence-electron chi connectivity index (χ0n) is 10.5. The molecule has 0 aliphatic carbocycles. The quantitative estimate of drug-likeness (QED) is 0.338. The molecule has 0 radical (unpaired) electrons. The van der Waals surface area contributed by atoms with Crippen LogP contribution in [-0.4, -0.2) is 35.8 Å². The van der Waals surface area contributed by atoms with Crippen molar-refractivity contribution in [3.8, 4) is 0 Å². The first-order valence-corrected chi connectivity index (χ1v) is 5.92. The third kappa shape index (κ3) is 3.41. The van der Waals surface area contributed by atoms with Crippen LogP contribution in [0.25, 0.3) is 0 Å². The number of primary amides is 1. The van der Waals surface area contributed by atoms with Crippen LogP contribution in [0.15, 0.2) is 0 Å². The van der Waals surface area contributed by atoms with E-state index in [0.717, 1.165) is 19.4 Å². The van der Waals surface area contributed by atoms with Crippen molar-refractivity contribution in [3.05, 3.63) is 0 Å². The second kappa shape index (κ2) is 5.46. The summed E-state index contributed by atoms with van der Waals surface area (Å²) >= 11 is 0. The molecule has 0 aromatic carbocycles. The van der Waals surface area contributed by atoms with Crippen LogP contribution in [0, 0.1) is 5.41 Å². The smallest absolute Gasteiger partial charge is 0.233 e. The maximum atomic E-state index is 11.3. The van der Waals surface area contributed by atoms with Gasteiger partial charge in [-0.25, -0.2) is 5.84 Å². The molecule has 17 heavy (non-hydrogen) atoms. The summed E-state index contributed by atoms with van der Waals surface area (Å²) in [6.07, 6.45) is 1.93. The van der Waals surface area contributed by atoms with Gasteiger partial charge in [0.25, 0.3) is 0 Å². The Morgan fingerprint density at radius 1 is 1.53 bits per heavy atom. The zero-order chi connectivity index (χ0) is 13.1. The van der Waals surface area contributed by atoms with Crippen LogP contribution < -0.4 is 17.0 Å². The molecular weight excluding hydrogens is 220 g/mol. The van der Waals surface area contributed by atoms with Crippen LogP contribution in [0.3, 0.4) is 0 Å². The first kappa shape index (κ1) is 13.9. The number of nitrogens with zero attached hydrogens (tertiary/aromatic N) is 1. The molecule has 0 bridgehead atoms. The topological polar surface area (TPSA) is 101 Å². The maximum absolute atomic E-state index is 11.3. The number of carbonyl (C=O) groups excluding carboxylic acids is 2. The van der Waals surface area contributed by atoms with Crippen molar-refractivity contribution in [2.45, 2.75) is 39.2 Å². The van der Waals surface area contributed by atoms with Crippen molar-refractivity contribution in [2.24, 2.45) is 17.0 Å². The number of rotatable bonds is 5. The summed E-state index contributed by atoms with van der Waals surface area (Å²) in [5, 5.41) is 0. The van der Waals surface area contributed by atoms with Crippen molar-refractivity contribution in [3.63, 3.8) is 0 Å². The molecule has 2 amide bonds. The van der Waals surface area contributed by atoms with Gasteiger partial charge in [-0.3, -0.25) is 19.9 Å². The fourth-order valence-corrected chi connectivity index (χ4v) is 2.17. The van der Waals surface area contributed by atoms with E-state index in [1.54, 1.807) is 0 Å². The fourth-order valence-electron chi connectivity index (χ4n) is 2.17. The molecule has 1 heterocycles. The predicted molar refractivity (Wildman–Crippen MR) is 64.5 cm³/mol. The van der Waals surface area contributed by atoms with E-state index < -0.39 is 5.41 Å². The Kier molecular flexibility index (Phi) is 4.47. The molecule has 1 aliphatic rings. The van der Waals surface area contributed by atoms with Crippen LogP contribution in [-0.2, 0) is 9.59 Å². The lowest BCUT2D eigenvalue weighted by Crippen LogP contribution is -2.40. The number of nitrogens with one attached hydrogen (secondary N) is 1. The highest BCUT2D eigenvalue weighted by atomic mass is 16.2. The number of likely N-dealkylation sites (tertiary alicyclic amines) is 1. The number of hydrogen-bond acceptors (Lipinski definition) is 4. The molecule has 98 valence electrons. The molecule has 0 saturated carbocycles. The van der Waals surface area contributed by atoms with Crippen LogP contribution in [0.1, 0.15) is 33.1 Å². The van der Waals surface area contributed by atoms with Crippen LogP contribution in [0.4, 0.5) is 0 Å². The molecule has 0 aromatic heterocycles. The molecule has 1 rings (SSSR count). The van der Waals surface area contributed by atoms with Gasteiger partial charge in [-0.2, -0.15) is 0 Å². The van der Waals surface area contributed by atoms with Crippen LogP contribution in [0.2, 0.25) is 0 Å². The third-order valence-corrected chi connectivity index (χ3v) is 3.67. The molecule has 2 unspecified atom stereocenters. The van der Waals surface area contributed by atoms with E-state index in [4.69, 9.17) is 11.6 Å². The summed E-state index contributed by atoms with van der Waals surface area (Å²) in [5.41, 5.74) is 7.08. The molecule has 6 nitrogen and oxygen atoms in total. The van der Waals surface area contributed by atoms with Gasteiger partial charge in [-0.05, 0) is 33.2 Å². The van der Waals surface area contributed by atoms with Gasteiger partial charge in [0.15, 0.2) is 0 Å². The van der Waals surface area contributed by atoms with Gasteiger partial charge < -0.3 is 5.73 Å². The van der Waals surface area contributed by atoms with Crippen LogP contribution in [0.5, 0.6) is 0 Å². The fraction of sp³-hybridized carbons (Fsp3) is 0.818. The minimum absolute atomic E-state index is 0.159. The summed E-state index contributed by atoms with van der Waals surface area (Å²) in [6.45, 7) is 5.48. The number of carbonyl (C=O) groups is 2. The highest BCUT2D eigenvalue weighted by Gasteiger charge is 2.40. The van der Waals surface area contributed by atoms with Gasteiger partial charge in [0.05, 0.1) is 5.41 Å². The molecule has 2 atom stereocenters. The molecule has 1 fully saturated rings. The van der Waals surface area contributed by atoms with Crippen molar-refractivity contribution < 1.29 is 9.59 Å². The zero-order valence-corrected chi connectivity index (χ0v) is 10.5. The van der Waals surface area contributed by atoms with Crippen molar-refractivity contribution >= 4 is 11.8 Å². The molecule has 0 spiro atoms. The van der Waals surface area contributed by atoms with E-state index in [-0.39, 0.29) is 17.9 Å². The predicted octanol–water partition coefficient (Wildman–Crippen LogP) is -0.658. The highest BCUT2D eigenvalue weighted by Crippen LogP contribution is 2.31. The summed E-state index contributed by atoms with van der Waals surface area (Å²) in [5.74, 6) is 4.62. The second-order valence-corrected chi connectivity index (χ2v) is 5.10. The van der Waals surface area contributed by atoms with E-state index >= 15 is 0 Å². The van der Waals surface area contributed by atoms with Gasteiger partial charge in [0.1, 0.15) is 0 Å². The lowest BCUT2D eigenvalue weighted by atomic mass is 9.89. The van der Waals surface area contributed by atoms with Crippen molar-refractivity contribution in [1.29, 1.82) is 0 Å². The first-order chi connectivity index (χ1) is 7.89. The molecule has 5 N–H and O–H groups in total. The molecular formula is C11H22N4O2. The average Bonchev–Trinajstić information content (AvgIpc) is 2.69. The lowest BCUT2D eigenvalue weighted by molar-refractivity contribution is -0.126. The minimum Gasteiger partial charge on any atom is -0.369 e. The Morgan fingerprint density at radius 2 is 2.18 bits per heavy atom. The average molecular weight is 242 g/mol. The standard InChI is InChI=1S/C11H22N4O2/c1-8(3-4-9(16)14-13)15-6-5-11(2,7-15)10(12)17/h8H,3-7,13H2,1-2H3,(H2,12,17)(H,14,16). The third-order valence-electron chi connectivity index (χ3n) is 3.67. The second-order valence-electron chi connectivity index (χ2n) is 5.10. The highest BCUT2D eigenvalue weighted by molar-refractivity contribution is 5.81. The Bertz CT molecular complexity index is 308. The van der Waals surface area contributed by atoms with E-state index in [2.05, 4.69) is 17.2 Å². The summed E-state index contributed by atoms with van der Waals surface area (Å²) in [4.78, 5) is 24.6. The van der Waals surface area contributed by atoms with Crippen molar-refractivity contribution in [1.82, 2.24) is 10.3 Å². The molecule has 1 saturated heterocycles. The van der Waals surface area contributed by atoms with E-state index in [1.165, 1.54) is 0 Å². The van der Waals surface area contributed by atoms with Gasteiger partial charge in [0, 0.05) is 19.0 Å². The molecule has 1 aliphatic heterocycles. The number of nitrogens with two attached hydrogens (primary N) is 2. The van der Waals surface area contributed by atoms with E-state index in [1.807, 2.05) is 6.92 Å². The first-order valence-electron chi connectivity index (χ1n) is 5.92. The SMILES string of the molecule is CC(CCC(=O)NN)N1CCC(C)(C(N)=O)C1. The van der Waals surface area contributed by atoms with Gasteiger partial charge in [0.2, 0.25) is 11.8 Å². The Labute approximate surface area is 102 Å². The van der Waals surface area contributed by atoms with Gasteiger partial charge >= 0.3 is 0 Å². The summed E-state index contributed by atoms with van der Waals surface area (Å²) in [7, 11) is 0. The van der Waals surface area contributed by atoms with E-state index in [0.29, 0.717) is 13.0 Å². The van der Waals surface area contributed by atoms with Gasteiger partial charge in [-0.1, -0.05) is 0 Å². The Hall–Kier alpha value is -1.14. The lowest BCUT2D eigenvalue weighted by Gasteiger charge is -2.26. The summed E-state index contributed by atoms with van der Waals surface area (Å²) < 4.78 is 0. The molecule has 6 heteroatoms. The Morgan fingerprint density at radius 3 is 2.65 bits per heavy atom. The number of hydrazine groups is 1. The van der Waals surface area contributed by atoms with Crippen molar-refractivity contribution in [2.75, 3.05) is 13.1 Å². The normalized spacial score (nSPS) is 26.8. The monoisotopic (exact) mass is 242 g/mol. The Balaban J connectivity index is 2.43.